The predicted octanol–water partition coefficient (Wildman–Crippen LogP) is 3.25. The summed E-state index contributed by atoms with van der Waals surface area (Å²) in [5.74, 6) is -1.38. The Labute approximate surface area is 115 Å². The van der Waals surface area contributed by atoms with E-state index in [0.717, 1.165) is 6.07 Å². The van der Waals surface area contributed by atoms with Gasteiger partial charge in [-0.25, -0.2) is 8.78 Å². The fraction of sp³-hybridized carbons (Fsp3) is 0.133. The maximum absolute atomic E-state index is 13.8. The van der Waals surface area contributed by atoms with Crippen molar-refractivity contribution in [1.82, 2.24) is 0 Å². The molecule has 20 heavy (non-hydrogen) atoms. The number of hydrogen-bond acceptors (Lipinski definition) is 2. The molecule has 0 bridgehead atoms. The molecule has 0 fully saturated rings. The highest BCUT2D eigenvalue weighted by atomic mass is 19.1. The zero-order valence-electron chi connectivity index (χ0n) is 11.1. The summed E-state index contributed by atoms with van der Waals surface area (Å²) in [5, 5.41) is 0. The minimum atomic E-state index is -0.683. The van der Waals surface area contributed by atoms with E-state index in [1.165, 1.54) is 49.4 Å². The van der Waals surface area contributed by atoms with E-state index in [1.54, 1.807) is 6.07 Å². The van der Waals surface area contributed by atoms with Crippen molar-refractivity contribution < 1.29 is 18.3 Å². The summed E-state index contributed by atoms with van der Waals surface area (Å²) in [5.41, 5.74) is 0.253. The number of halogens is 2. The highest BCUT2D eigenvalue weighted by Gasteiger charge is 2.18. The van der Waals surface area contributed by atoms with Crippen molar-refractivity contribution in [2.45, 2.75) is 0 Å². The molecule has 2 aromatic carbocycles. The number of ether oxygens (including phenoxy) is 1. The van der Waals surface area contributed by atoms with E-state index in [4.69, 9.17) is 4.74 Å². The highest BCUT2D eigenvalue weighted by Crippen LogP contribution is 2.21. The van der Waals surface area contributed by atoms with E-state index in [0.29, 0.717) is 11.4 Å². The zero-order chi connectivity index (χ0) is 14.7. The summed E-state index contributed by atoms with van der Waals surface area (Å²) in [6, 6.07) is 9.50. The number of carbonyl (C=O) groups excluding carboxylic acids is 1. The van der Waals surface area contributed by atoms with Crippen molar-refractivity contribution >= 4 is 11.6 Å². The number of rotatable bonds is 3. The Morgan fingerprint density at radius 3 is 2.50 bits per heavy atom. The molecule has 0 unspecified atom stereocenters. The van der Waals surface area contributed by atoms with Crippen LogP contribution in [0.2, 0.25) is 0 Å². The number of methoxy groups -OCH3 is 1. The zero-order valence-corrected chi connectivity index (χ0v) is 11.1. The van der Waals surface area contributed by atoms with Crippen LogP contribution in [-0.4, -0.2) is 20.1 Å². The molecule has 0 saturated heterocycles. The number of benzene rings is 2. The third-order valence-corrected chi connectivity index (χ3v) is 2.91. The van der Waals surface area contributed by atoms with Crippen LogP contribution in [0.4, 0.5) is 14.5 Å². The Morgan fingerprint density at radius 1 is 1.15 bits per heavy atom. The molecule has 3 nitrogen and oxygen atoms in total. The van der Waals surface area contributed by atoms with E-state index in [9.17, 15) is 13.6 Å². The Bertz CT molecular complexity index is 644. The molecule has 0 radical (unpaired) electrons. The van der Waals surface area contributed by atoms with Gasteiger partial charge in [0, 0.05) is 18.8 Å². The predicted molar refractivity (Wildman–Crippen MR) is 72.1 cm³/mol. The van der Waals surface area contributed by atoms with Gasteiger partial charge in [0.1, 0.15) is 17.4 Å². The molecule has 2 aromatic rings. The molecule has 0 spiro atoms. The van der Waals surface area contributed by atoms with Crippen molar-refractivity contribution in [2.24, 2.45) is 0 Å². The van der Waals surface area contributed by atoms with Gasteiger partial charge in [-0.1, -0.05) is 6.07 Å². The van der Waals surface area contributed by atoms with Crippen molar-refractivity contribution in [3.8, 4) is 5.75 Å². The lowest BCUT2D eigenvalue weighted by molar-refractivity contribution is 0.0989. The van der Waals surface area contributed by atoms with Crippen molar-refractivity contribution in [1.29, 1.82) is 0 Å². The molecule has 1 amide bonds. The summed E-state index contributed by atoms with van der Waals surface area (Å²) in [4.78, 5) is 13.4. The Balaban J connectivity index is 2.31. The lowest BCUT2D eigenvalue weighted by Gasteiger charge is -2.18. The molecular formula is C15H13F2NO2. The van der Waals surface area contributed by atoms with Crippen LogP contribution < -0.4 is 9.64 Å². The molecule has 0 heterocycles. The van der Waals surface area contributed by atoms with Crippen LogP contribution in [0.25, 0.3) is 0 Å². The van der Waals surface area contributed by atoms with Gasteiger partial charge in [0.2, 0.25) is 0 Å². The first-order valence-corrected chi connectivity index (χ1v) is 5.90. The second kappa shape index (κ2) is 5.69. The van der Waals surface area contributed by atoms with Crippen molar-refractivity contribution in [2.75, 3.05) is 19.1 Å². The number of carbonyl (C=O) groups is 1. The van der Waals surface area contributed by atoms with E-state index in [1.807, 2.05) is 0 Å². The van der Waals surface area contributed by atoms with Crippen LogP contribution in [0.15, 0.2) is 42.5 Å². The average Bonchev–Trinajstić information content (AvgIpc) is 2.45. The molecule has 0 aliphatic carbocycles. The van der Waals surface area contributed by atoms with Gasteiger partial charge in [-0.05, 0) is 30.3 Å². The van der Waals surface area contributed by atoms with Gasteiger partial charge in [-0.3, -0.25) is 4.79 Å². The van der Waals surface area contributed by atoms with Crippen molar-refractivity contribution in [3.63, 3.8) is 0 Å². The van der Waals surface area contributed by atoms with Gasteiger partial charge >= 0.3 is 0 Å². The first kappa shape index (κ1) is 14.0. The Morgan fingerprint density at radius 2 is 1.90 bits per heavy atom. The van der Waals surface area contributed by atoms with Gasteiger partial charge < -0.3 is 9.64 Å². The Kier molecular flexibility index (Phi) is 3.98. The van der Waals surface area contributed by atoms with Crippen LogP contribution in [0.5, 0.6) is 5.75 Å². The number of amides is 1. The minimum absolute atomic E-state index is 0.0995. The molecule has 0 saturated carbocycles. The molecule has 0 aliphatic heterocycles. The number of hydrogen-bond donors (Lipinski definition) is 0. The minimum Gasteiger partial charge on any atom is -0.497 e. The summed E-state index contributed by atoms with van der Waals surface area (Å²) in [6.45, 7) is 0. The van der Waals surface area contributed by atoms with Crippen LogP contribution in [0.1, 0.15) is 10.4 Å². The second-order valence-electron chi connectivity index (χ2n) is 4.19. The van der Waals surface area contributed by atoms with Crippen LogP contribution in [0, 0.1) is 11.6 Å². The smallest absolute Gasteiger partial charge is 0.260 e. The molecule has 0 aliphatic rings. The van der Waals surface area contributed by atoms with Crippen LogP contribution in [0.3, 0.4) is 0 Å². The number of nitrogens with zero attached hydrogens (tertiary/aromatic N) is 1. The van der Waals surface area contributed by atoms with Crippen LogP contribution in [-0.2, 0) is 0 Å². The largest absolute Gasteiger partial charge is 0.497 e. The fourth-order valence-corrected chi connectivity index (χ4v) is 1.78. The van der Waals surface area contributed by atoms with Gasteiger partial charge in [0.05, 0.1) is 12.7 Å². The monoisotopic (exact) mass is 277 g/mol. The maximum Gasteiger partial charge on any atom is 0.260 e. The molecule has 104 valence electrons. The van der Waals surface area contributed by atoms with E-state index in [2.05, 4.69) is 0 Å². The van der Waals surface area contributed by atoms with Crippen LogP contribution >= 0.6 is 0 Å². The SMILES string of the molecule is COc1ccc(C(=O)N(C)c2cccc(F)c2)c(F)c1. The lowest BCUT2D eigenvalue weighted by atomic mass is 10.1. The normalized spacial score (nSPS) is 10.2. The third kappa shape index (κ3) is 2.77. The fourth-order valence-electron chi connectivity index (χ4n) is 1.78. The standard InChI is InChI=1S/C15H13F2NO2/c1-18(11-5-3-4-10(16)8-11)15(19)13-7-6-12(20-2)9-14(13)17/h3-9H,1-2H3. The average molecular weight is 277 g/mol. The summed E-state index contributed by atoms with van der Waals surface area (Å²) >= 11 is 0. The first-order valence-electron chi connectivity index (χ1n) is 5.90. The molecular weight excluding hydrogens is 264 g/mol. The molecule has 2 rings (SSSR count). The highest BCUT2D eigenvalue weighted by molar-refractivity contribution is 6.05. The molecule has 0 atom stereocenters. The summed E-state index contributed by atoms with van der Waals surface area (Å²) in [7, 11) is 2.87. The van der Waals surface area contributed by atoms with Gasteiger partial charge in [-0.15, -0.1) is 0 Å². The van der Waals surface area contributed by atoms with Gasteiger partial charge in [0.25, 0.3) is 5.91 Å². The summed E-state index contributed by atoms with van der Waals surface area (Å²) in [6.07, 6.45) is 0. The Hall–Kier alpha value is -2.43. The topological polar surface area (TPSA) is 29.5 Å². The van der Waals surface area contributed by atoms with Gasteiger partial charge in [-0.2, -0.15) is 0 Å². The maximum atomic E-state index is 13.8. The third-order valence-electron chi connectivity index (χ3n) is 2.91. The van der Waals surface area contributed by atoms with Crippen molar-refractivity contribution in [3.05, 3.63) is 59.7 Å². The first-order chi connectivity index (χ1) is 9.52. The molecule has 5 heteroatoms. The summed E-state index contributed by atoms with van der Waals surface area (Å²) < 4.78 is 31.9. The lowest BCUT2D eigenvalue weighted by Crippen LogP contribution is -2.27. The quantitative estimate of drug-likeness (QED) is 0.862. The second-order valence-corrected chi connectivity index (χ2v) is 4.19. The van der Waals surface area contributed by atoms with Gasteiger partial charge in [0.15, 0.2) is 0 Å². The van der Waals surface area contributed by atoms with E-state index < -0.39 is 17.5 Å². The van der Waals surface area contributed by atoms with E-state index >= 15 is 0 Å². The molecule has 0 aromatic heterocycles. The molecule has 0 N–H and O–H groups in total. The number of anilines is 1. The van der Waals surface area contributed by atoms with E-state index in [-0.39, 0.29) is 5.56 Å².